The Hall–Kier alpha value is -3.22. The highest BCUT2D eigenvalue weighted by molar-refractivity contribution is 8.15. The molecule has 13 heteroatoms. The highest BCUT2D eigenvalue weighted by Gasteiger charge is 2.35. The third kappa shape index (κ3) is 3.92. The molecular weight excluding hydrogens is 433 g/mol. The van der Waals surface area contributed by atoms with Gasteiger partial charge in [-0.05, 0) is 6.92 Å². The van der Waals surface area contributed by atoms with Gasteiger partial charge in [-0.2, -0.15) is 13.2 Å². The summed E-state index contributed by atoms with van der Waals surface area (Å²) in [7, 11) is 1.40. The maximum absolute atomic E-state index is 12.6. The summed E-state index contributed by atoms with van der Waals surface area (Å²) in [6, 6.07) is -0.0222. The number of methoxy groups -OCH3 is 1. The number of aromatic nitrogens is 4. The van der Waals surface area contributed by atoms with Gasteiger partial charge in [0.2, 0.25) is 11.8 Å². The Bertz CT molecular complexity index is 1080. The first-order valence-corrected chi connectivity index (χ1v) is 9.87. The van der Waals surface area contributed by atoms with E-state index in [9.17, 15) is 13.2 Å². The summed E-state index contributed by atoms with van der Waals surface area (Å²) >= 11 is 1.20. The third-order valence-corrected chi connectivity index (χ3v) is 5.86. The van der Waals surface area contributed by atoms with Crippen molar-refractivity contribution in [2.75, 3.05) is 30.4 Å². The number of hydrogen-bond acceptors (Lipinski definition) is 10. The number of fused-ring (bicyclic) bond motifs is 1. The van der Waals surface area contributed by atoms with E-state index in [0.29, 0.717) is 40.6 Å². The first-order chi connectivity index (χ1) is 14.7. The van der Waals surface area contributed by atoms with E-state index >= 15 is 0 Å². The Morgan fingerprint density at radius 2 is 1.90 bits per heavy atom. The number of thioether (sulfide) groups is 1. The monoisotopic (exact) mass is 450 g/mol. The van der Waals surface area contributed by atoms with Gasteiger partial charge in [-0.15, -0.1) is 0 Å². The molecule has 0 atom stereocenters. The standard InChI is InChI=1S/C18H17F3N8OS/c1-8(14(22)30-2)11-12-13(31-15(11)23)16(27-7-26-12)28-10-5-29(6-10)17-24-3-9(4-25-17)18(19,20)21/h3-4,7,10,22-23H,5-6H2,1-2H3,(H,26,27,28)/b11-8-,22-14?,23-15?. The SMILES string of the molecule is COC(=N)/C(C)=C1\C(=N)Sc2c(NC3CN(c4ncc(C(F)(F)F)cn4)C3)ncnc21. The summed E-state index contributed by atoms with van der Waals surface area (Å²) in [5.41, 5.74) is 0.723. The van der Waals surface area contributed by atoms with Gasteiger partial charge in [-0.25, -0.2) is 19.9 Å². The van der Waals surface area contributed by atoms with Gasteiger partial charge in [0.1, 0.15) is 17.2 Å². The van der Waals surface area contributed by atoms with Gasteiger partial charge in [-0.1, -0.05) is 11.8 Å². The molecule has 3 N–H and O–H groups in total. The number of ether oxygens (including phenoxy) is 1. The van der Waals surface area contributed by atoms with Crippen molar-refractivity contribution >= 4 is 40.0 Å². The van der Waals surface area contributed by atoms with Crippen LogP contribution < -0.4 is 10.2 Å². The molecule has 0 aromatic carbocycles. The van der Waals surface area contributed by atoms with Gasteiger partial charge in [0.05, 0.1) is 29.3 Å². The van der Waals surface area contributed by atoms with E-state index in [1.54, 1.807) is 11.8 Å². The van der Waals surface area contributed by atoms with Crippen LogP contribution in [0.15, 0.2) is 29.2 Å². The minimum atomic E-state index is -4.47. The van der Waals surface area contributed by atoms with Crippen molar-refractivity contribution in [3.63, 3.8) is 0 Å². The van der Waals surface area contributed by atoms with E-state index in [4.69, 9.17) is 15.6 Å². The molecule has 1 fully saturated rings. The topological polar surface area (TPSA) is 124 Å². The fourth-order valence-electron chi connectivity index (χ4n) is 3.18. The van der Waals surface area contributed by atoms with Gasteiger partial charge < -0.3 is 15.0 Å². The molecule has 0 saturated carbocycles. The molecule has 0 spiro atoms. The first-order valence-electron chi connectivity index (χ1n) is 9.05. The van der Waals surface area contributed by atoms with E-state index in [2.05, 4.69) is 25.3 Å². The number of nitrogens with zero attached hydrogens (tertiary/aromatic N) is 5. The average Bonchev–Trinajstić information content (AvgIpc) is 3.05. The fraction of sp³-hybridized carbons (Fsp3) is 0.333. The zero-order chi connectivity index (χ0) is 22.3. The quantitative estimate of drug-likeness (QED) is 0.480. The number of halogens is 3. The Morgan fingerprint density at radius 1 is 1.23 bits per heavy atom. The zero-order valence-corrected chi connectivity index (χ0v) is 17.2. The molecule has 31 heavy (non-hydrogen) atoms. The van der Waals surface area contributed by atoms with E-state index < -0.39 is 11.7 Å². The van der Waals surface area contributed by atoms with Gasteiger partial charge in [0.25, 0.3) is 0 Å². The van der Waals surface area contributed by atoms with Crippen molar-refractivity contribution in [2.24, 2.45) is 0 Å². The third-order valence-electron chi connectivity index (χ3n) is 4.86. The Balaban J connectivity index is 1.47. The van der Waals surface area contributed by atoms with Crippen LogP contribution in [0.25, 0.3) is 5.57 Å². The summed E-state index contributed by atoms with van der Waals surface area (Å²) in [6.07, 6.45) is -1.53. The minimum absolute atomic E-state index is 0.0222. The number of anilines is 2. The molecule has 0 bridgehead atoms. The van der Waals surface area contributed by atoms with Crippen LogP contribution in [-0.2, 0) is 10.9 Å². The summed E-state index contributed by atoms with van der Waals surface area (Å²) in [5.74, 6) is 0.756. The molecule has 4 rings (SSSR count). The smallest absolute Gasteiger partial charge is 0.419 e. The van der Waals surface area contributed by atoms with Crippen molar-refractivity contribution < 1.29 is 17.9 Å². The van der Waals surface area contributed by atoms with Crippen LogP contribution in [-0.4, -0.2) is 57.1 Å². The van der Waals surface area contributed by atoms with Crippen LogP contribution >= 0.6 is 11.8 Å². The normalized spacial score (nSPS) is 17.8. The van der Waals surface area contributed by atoms with Crippen molar-refractivity contribution in [1.29, 1.82) is 10.8 Å². The molecule has 0 radical (unpaired) electrons. The molecule has 9 nitrogen and oxygen atoms in total. The minimum Gasteiger partial charge on any atom is -0.481 e. The predicted octanol–water partition coefficient (Wildman–Crippen LogP) is 3.07. The van der Waals surface area contributed by atoms with Gasteiger partial charge >= 0.3 is 6.18 Å². The summed E-state index contributed by atoms with van der Waals surface area (Å²) in [5, 5.41) is 19.7. The van der Waals surface area contributed by atoms with E-state index in [1.165, 1.54) is 25.2 Å². The van der Waals surface area contributed by atoms with Gasteiger partial charge in [-0.3, -0.25) is 10.8 Å². The molecule has 0 aliphatic carbocycles. The lowest BCUT2D eigenvalue weighted by Gasteiger charge is -2.39. The van der Waals surface area contributed by atoms with E-state index in [1.807, 2.05) is 0 Å². The highest BCUT2D eigenvalue weighted by atomic mass is 32.2. The van der Waals surface area contributed by atoms with Gasteiger partial charge in [0, 0.05) is 36.6 Å². The van der Waals surface area contributed by atoms with Crippen LogP contribution in [0, 0.1) is 10.8 Å². The number of rotatable bonds is 4. The molecule has 0 amide bonds. The fourth-order valence-corrected chi connectivity index (χ4v) is 4.20. The summed E-state index contributed by atoms with van der Waals surface area (Å²) in [6.45, 7) is 2.68. The molecule has 162 valence electrons. The second-order valence-corrected chi connectivity index (χ2v) is 7.90. The maximum atomic E-state index is 12.6. The van der Waals surface area contributed by atoms with E-state index in [0.717, 1.165) is 12.4 Å². The average molecular weight is 450 g/mol. The van der Waals surface area contributed by atoms with Crippen LogP contribution in [0.2, 0.25) is 0 Å². The van der Waals surface area contributed by atoms with Crippen LogP contribution in [0.4, 0.5) is 24.9 Å². The largest absolute Gasteiger partial charge is 0.481 e. The second kappa shape index (κ2) is 7.80. The lowest BCUT2D eigenvalue weighted by atomic mass is 10.1. The van der Waals surface area contributed by atoms with Gasteiger partial charge in [0.15, 0.2) is 0 Å². The number of nitrogens with one attached hydrogen (secondary N) is 3. The molecule has 2 aliphatic rings. The zero-order valence-electron chi connectivity index (χ0n) is 16.4. The van der Waals surface area contributed by atoms with Crippen molar-refractivity contribution in [3.8, 4) is 0 Å². The van der Waals surface area contributed by atoms with Crippen molar-refractivity contribution in [3.05, 3.63) is 35.6 Å². The summed E-state index contributed by atoms with van der Waals surface area (Å²) in [4.78, 5) is 18.6. The molecule has 2 aromatic rings. The molecule has 4 heterocycles. The molecule has 0 unspecified atom stereocenters. The van der Waals surface area contributed by atoms with E-state index in [-0.39, 0.29) is 22.9 Å². The van der Waals surface area contributed by atoms with Crippen LogP contribution in [0.3, 0.4) is 0 Å². The van der Waals surface area contributed by atoms with Crippen LogP contribution in [0.5, 0.6) is 0 Å². The Labute approximate surface area is 179 Å². The number of hydrogen-bond donors (Lipinski definition) is 3. The predicted molar refractivity (Wildman–Crippen MR) is 110 cm³/mol. The van der Waals surface area contributed by atoms with Crippen molar-refractivity contribution in [1.82, 2.24) is 19.9 Å². The molecule has 2 aliphatic heterocycles. The molecular formula is C18H17F3N8OS. The lowest BCUT2D eigenvalue weighted by Crippen LogP contribution is -2.55. The Kier molecular flexibility index (Phi) is 5.29. The maximum Gasteiger partial charge on any atom is 0.419 e. The van der Waals surface area contributed by atoms with Crippen molar-refractivity contribution in [2.45, 2.75) is 24.0 Å². The number of alkyl halides is 3. The lowest BCUT2D eigenvalue weighted by molar-refractivity contribution is -0.138. The molecule has 1 saturated heterocycles. The molecule has 2 aromatic heterocycles. The second-order valence-electron chi connectivity index (χ2n) is 6.88. The first kappa shape index (κ1) is 21.0. The Morgan fingerprint density at radius 3 is 2.52 bits per heavy atom. The highest BCUT2D eigenvalue weighted by Crippen LogP contribution is 2.44. The summed E-state index contributed by atoms with van der Waals surface area (Å²) < 4.78 is 42.9. The van der Waals surface area contributed by atoms with Crippen LogP contribution in [0.1, 0.15) is 18.2 Å².